The van der Waals surface area contributed by atoms with Crippen LogP contribution in [0.3, 0.4) is 0 Å². The molecule has 31 heavy (non-hydrogen) atoms. The number of aliphatic carboxylic acids is 1. The Labute approximate surface area is 176 Å². The maximum Gasteiger partial charge on any atom is 0.343 e. The zero-order valence-corrected chi connectivity index (χ0v) is 16.7. The smallest absolute Gasteiger partial charge is 0.343 e. The zero-order chi connectivity index (χ0) is 22.3. The number of piperidine rings is 1. The molecule has 10 heteroatoms. The molecule has 2 aliphatic carbocycles. The molecule has 1 aromatic rings. The molecule has 2 bridgehead atoms. The van der Waals surface area contributed by atoms with Crippen molar-refractivity contribution < 1.29 is 44.6 Å². The summed E-state index contributed by atoms with van der Waals surface area (Å²) < 4.78 is 11.4. The van der Waals surface area contributed by atoms with E-state index in [1.807, 2.05) is 13.1 Å². The number of aliphatic hydroxyl groups excluding tert-OH is 2. The third-order valence-corrected chi connectivity index (χ3v) is 7.37. The molecule has 5 N–H and O–H groups in total. The fourth-order valence-corrected chi connectivity index (χ4v) is 5.88. The summed E-state index contributed by atoms with van der Waals surface area (Å²) >= 11 is 0. The van der Waals surface area contributed by atoms with E-state index in [2.05, 4.69) is 4.90 Å². The van der Waals surface area contributed by atoms with E-state index < -0.39 is 41.3 Å². The monoisotopic (exact) mass is 433 g/mol. The number of likely N-dealkylation sites (tertiary alicyclic amines) is 1. The first kappa shape index (κ1) is 20.3. The number of carbonyl (C=O) groups is 2. The molecule has 6 atom stereocenters. The van der Waals surface area contributed by atoms with Crippen molar-refractivity contribution in [2.45, 2.75) is 54.6 Å². The molecule has 166 valence electrons. The van der Waals surface area contributed by atoms with Crippen LogP contribution in [0.4, 0.5) is 0 Å². The van der Waals surface area contributed by atoms with Crippen LogP contribution in [0.25, 0.3) is 0 Å². The number of ether oxygens (including phenoxy) is 2. The number of phenols is 1. The van der Waals surface area contributed by atoms with Gasteiger partial charge in [-0.1, -0.05) is 6.07 Å². The fraction of sp³-hybridized carbons (Fsp3) is 0.524. The SMILES string of the molecule is CN1CC[C@]23c4c5ccc(O)c4O[C@H]2C(OC(=O)[C@H](O)[C@@H](O)C(=O)O)=CC[C@@]3(O)[C@H]1C5. The van der Waals surface area contributed by atoms with Crippen LogP contribution in [0.1, 0.15) is 24.0 Å². The summed E-state index contributed by atoms with van der Waals surface area (Å²) in [7, 11) is 1.94. The van der Waals surface area contributed by atoms with Crippen LogP contribution in [0, 0.1) is 0 Å². The Morgan fingerprint density at radius 3 is 2.74 bits per heavy atom. The predicted octanol–water partition coefficient (Wildman–Crippen LogP) is -0.980. The number of benzene rings is 1. The van der Waals surface area contributed by atoms with E-state index in [4.69, 9.17) is 14.6 Å². The lowest BCUT2D eigenvalue weighted by molar-refractivity contribution is -0.177. The zero-order valence-electron chi connectivity index (χ0n) is 16.7. The van der Waals surface area contributed by atoms with Gasteiger partial charge in [-0.3, -0.25) is 0 Å². The van der Waals surface area contributed by atoms with Crippen molar-refractivity contribution in [1.29, 1.82) is 0 Å². The van der Waals surface area contributed by atoms with Crippen LogP contribution in [0.15, 0.2) is 24.0 Å². The van der Waals surface area contributed by atoms with Gasteiger partial charge >= 0.3 is 11.9 Å². The Bertz CT molecular complexity index is 1020. The quantitative estimate of drug-likeness (QED) is 0.374. The topological polar surface area (TPSA) is 157 Å². The molecule has 0 amide bonds. The minimum atomic E-state index is -2.34. The van der Waals surface area contributed by atoms with Crippen molar-refractivity contribution >= 4 is 11.9 Å². The van der Waals surface area contributed by atoms with E-state index in [1.54, 1.807) is 0 Å². The van der Waals surface area contributed by atoms with Crippen molar-refractivity contribution in [2.75, 3.05) is 13.6 Å². The molecule has 10 nitrogen and oxygen atoms in total. The normalized spacial score (nSPS) is 34.8. The molecule has 1 fully saturated rings. The van der Waals surface area contributed by atoms with E-state index in [-0.39, 0.29) is 29.7 Å². The van der Waals surface area contributed by atoms with Crippen LogP contribution < -0.4 is 4.74 Å². The fourth-order valence-electron chi connectivity index (χ4n) is 5.88. The Morgan fingerprint density at radius 1 is 1.29 bits per heavy atom. The molecule has 0 saturated carbocycles. The van der Waals surface area contributed by atoms with Gasteiger partial charge in [-0.05, 0) is 44.1 Å². The second-order valence-corrected chi connectivity index (χ2v) is 8.75. The maximum absolute atomic E-state index is 12.3. The lowest BCUT2D eigenvalue weighted by Crippen LogP contribution is -2.74. The first-order valence-electron chi connectivity index (χ1n) is 10.1. The summed E-state index contributed by atoms with van der Waals surface area (Å²) in [6, 6.07) is 3.12. The van der Waals surface area contributed by atoms with Gasteiger partial charge in [-0.15, -0.1) is 0 Å². The van der Waals surface area contributed by atoms with Gasteiger partial charge in [0, 0.05) is 18.0 Å². The van der Waals surface area contributed by atoms with Gasteiger partial charge in [0.25, 0.3) is 0 Å². The number of carboxylic acids is 1. The number of esters is 1. The standard InChI is InChI=1S/C21H23NO9/c1-22-7-6-20-13-9-2-3-10(23)16(13)31-17(20)11(4-5-21(20,29)12(22)8-9)30-19(28)15(25)14(24)18(26)27/h2-4,12,14-15,17,23-25,29H,5-8H2,1H3,(H,26,27)/t12-,14-,15-,17+,20+,21-/m1/s1. The first-order valence-corrected chi connectivity index (χ1v) is 10.1. The number of nitrogens with zero attached hydrogens (tertiary/aromatic N) is 1. The lowest BCUT2D eigenvalue weighted by atomic mass is 9.50. The summed E-state index contributed by atoms with van der Waals surface area (Å²) in [6.07, 6.45) is -2.91. The summed E-state index contributed by atoms with van der Waals surface area (Å²) in [5.74, 6) is -2.95. The summed E-state index contributed by atoms with van der Waals surface area (Å²) in [5.41, 5.74) is -0.583. The van der Waals surface area contributed by atoms with Gasteiger partial charge in [0.1, 0.15) is 5.76 Å². The second kappa shape index (κ2) is 6.42. The van der Waals surface area contributed by atoms with Crippen LogP contribution in [0.5, 0.6) is 11.5 Å². The van der Waals surface area contributed by atoms with E-state index in [9.17, 15) is 30.0 Å². The van der Waals surface area contributed by atoms with Gasteiger partial charge in [0.15, 0.2) is 29.8 Å². The third-order valence-electron chi connectivity index (χ3n) is 7.37. The average Bonchev–Trinajstić information content (AvgIpc) is 3.09. The Balaban J connectivity index is 1.59. The van der Waals surface area contributed by atoms with E-state index in [1.165, 1.54) is 12.1 Å². The Kier molecular flexibility index (Phi) is 4.20. The summed E-state index contributed by atoms with van der Waals surface area (Å²) in [5, 5.41) is 50.5. The molecule has 1 aromatic carbocycles. The second-order valence-electron chi connectivity index (χ2n) is 8.75. The van der Waals surface area contributed by atoms with Crippen molar-refractivity contribution in [2.24, 2.45) is 0 Å². The average molecular weight is 433 g/mol. The van der Waals surface area contributed by atoms with Crippen molar-refractivity contribution in [3.05, 3.63) is 35.1 Å². The van der Waals surface area contributed by atoms with E-state index >= 15 is 0 Å². The molecule has 4 aliphatic rings. The number of aliphatic hydroxyl groups is 3. The first-order chi connectivity index (χ1) is 14.6. The van der Waals surface area contributed by atoms with Crippen LogP contribution in [-0.4, -0.2) is 85.9 Å². The number of aromatic hydroxyl groups is 1. The van der Waals surface area contributed by atoms with Crippen LogP contribution in [-0.2, 0) is 26.2 Å². The molecule has 0 radical (unpaired) electrons. The van der Waals surface area contributed by atoms with Gasteiger partial charge in [0.2, 0.25) is 0 Å². The van der Waals surface area contributed by atoms with Crippen LogP contribution >= 0.6 is 0 Å². The molecule has 0 aromatic heterocycles. The Hall–Kier alpha value is -2.66. The largest absolute Gasteiger partial charge is 0.504 e. The molecule has 0 unspecified atom stereocenters. The van der Waals surface area contributed by atoms with Crippen LogP contribution in [0.2, 0.25) is 0 Å². The minimum Gasteiger partial charge on any atom is -0.504 e. The number of hydrogen-bond donors (Lipinski definition) is 5. The number of hydrogen-bond acceptors (Lipinski definition) is 9. The molecular weight excluding hydrogens is 410 g/mol. The highest BCUT2D eigenvalue weighted by Crippen LogP contribution is 2.65. The van der Waals surface area contributed by atoms with Gasteiger partial charge in [0.05, 0.1) is 11.0 Å². The number of carbonyl (C=O) groups excluding carboxylic acids is 1. The number of phenolic OH excluding ortho intramolecular Hbond substituents is 1. The van der Waals surface area contributed by atoms with Crippen molar-refractivity contribution in [3.63, 3.8) is 0 Å². The molecule has 1 saturated heterocycles. The number of rotatable bonds is 4. The predicted molar refractivity (Wildman–Crippen MR) is 102 cm³/mol. The highest BCUT2D eigenvalue weighted by atomic mass is 16.6. The van der Waals surface area contributed by atoms with Gasteiger partial charge < -0.3 is 39.9 Å². The van der Waals surface area contributed by atoms with Crippen molar-refractivity contribution in [3.8, 4) is 11.5 Å². The van der Waals surface area contributed by atoms with E-state index in [0.29, 0.717) is 24.9 Å². The third kappa shape index (κ3) is 2.41. The summed E-state index contributed by atoms with van der Waals surface area (Å²) in [6.45, 7) is 0.642. The van der Waals surface area contributed by atoms with Gasteiger partial charge in [-0.25, -0.2) is 9.59 Å². The van der Waals surface area contributed by atoms with Gasteiger partial charge in [-0.2, -0.15) is 0 Å². The molecule has 2 aliphatic heterocycles. The lowest BCUT2D eigenvalue weighted by Gasteiger charge is -2.61. The maximum atomic E-state index is 12.3. The number of likely N-dealkylation sites (N-methyl/N-ethyl adjacent to an activating group) is 1. The highest BCUT2D eigenvalue weighted by Gasteiger charge is 2.72. The molecule has 2 heterocycles. The Morgan fingerprint density at radius 2 is 2.03 bits per heavy atom. The van der Waals surface area contributed by atoms with Crippen molar-refractivity contribution in [1.82, 2.24) is 4.90 Å². The van der Waals surface area contributed by atoms with E-state index in [0.717, 1.165) is 5.56 Å². The molecule has 1 spiro atoms. The summed E-state index contributed by atoms with van der Waals surface area (Å²) in [4.78, 5) is 25.3. The molecule has 5 rings (SSSR count). The highest BCUT2D eigenvalue weighted by molar-refractivity contribution is 5.85. The number of carboxylic acid groups (broad SMARTS) is 1. The minimum absolute atomic E-state index is 0.0121. The molecular formula is C21H23NO9.